The Balaban J connectivity index is 0. The zero-order chi connectivity index (χ0) is 3.58. The SMILES string of the molecule is C[BH-](C)C.[Na+]. The van der Waals surface area contributed by atoms with E-state index in [1.54, 1.807) is 0 Å². The van der Waals surface area contributed by atoms with E-state index in [0.29, 0.717) is 0 Å². The van der Waals surface area contributed by atoms with Crippen LogP contribution >= 0.6 is 0 Å². The molecule has 0 aromatic heterocycles. The third-order valence-electron chi connectivity index (χ3n) is 0. The Labute approximate surface area is 56.7 Å². The van der Waals surface area contributed by atoms with Crippen LogP contribution in [0.15, 0.2) is 0 Å². The predicted molar refractivity (Wildman–Crippen MR) is 24.7 cm³/mol. The molecule has 0 aliphatic rings. The van der Waals surface area contributed by atoms with E-state index in [1.165, 1.54) is 0 Å². The van der Waals surface area contributed by atoms with E-state index in [1.807, 2.05) is 0 Å². The van der Waals surface area contributed by atoms with Crippen LogP contribution in [0.1, 0.15) is 0 Å². The van der Waals surface area contributed by atoms with Crippen LogP contribution in [0.3, 0.4) is 0 Å². The summed E-state index contributed by atoms with van der Waals surface area (Å²) in [7, 11) is 0. The van der Waals surface area contributed by atoms with Crippen molar-refractivity contribution in [3.05, 3.63) is 0 Å². The van der Waals surface area contributed by atoms with Crippen molar-refractivity contribution in [1.82, 2.24) is 0 Å². The number of rotatable bonds is 0. The van der Waals surface area contributed by atoms with Crippen molar-refractivity contribution in [3.8, 4) is 0 Å². The first-order chi connectivity index (χ1) is 1.73. The van der Waals surface area contributed by atoms with Crippen molar-refractivity contribution in [2.24, 2.45) is 0 Å². The molecule has 0 amide bonds. The fraction of sp³-hybridized carbons (Fsp3) is 1.00. The summed E-state index contributed by atoms with van der Waals surface area (Å²) in [6.07, 6.45) is 0. The maximum absolute atomic E-state index is 2.25. The molecule has 0 saturated heterocycles. The van der Waals surface area contributed by atoms with Crippen LogP contribution in [0.5, 0.6) is 0 Å². The first kappa shape index (κ1) is 9.42. The summed E-state index contributed by atoms with van der Waals surface area (Å²) < 4.78 is 0. The Bertz CT molecular complexity index is 11.6. The molecule has 26 valence electrons. The zero-order valence-corrected chi connectivity index (χ0v) is 6.71. The van der Waals surface area contributed by atoms with Crippen molar-refractivity contribution in [3.63, 3.8) is 0 Å². The van der Waals surface area contributed by atoms with Gasteiger partial charge in [-0.05, 0) is 6.71 Å². The van der Waals surface area contributed by atoms with Crippen molar-refractivity contribution in [2.45, 2.75) is 20.5 Å². The van der Waals surface area contributed by atoms with Gasteiger partial charge in [0.25, 0.3) is 0 Å². The van der Waals surface area contributed by atoms with Gasteiger partial charge in [0, 0.05) is 0 Å². The van der Waals surface area contributed by atoms with Crippen LogP contribution < -0.4 is 29.6 Å². The zero-order valence-electron chi connectivity index (χ0n) is 4.71. The molecule has 2 heteroatoms. The maximum Gasteiger partial charge on any atom is 1.00 e. The van der Waals surface area contributed by atoms with Crippen LogP contribution in [0.25, 0.3) is 0 Å². The minimum Gasteiger partial charge on any atom is -0.193 e. The van der Waals surface area contributed by atoms with Gasteiger partial charge in [0.1, 0.15) is 0 Å². The van der Waals surface area contributed by atoms with Crippen molar-refractivity contribution >= 4 is 6.71 Å². The minimum atomic E-state index is 0. The second-order valence-corrected chi connectivity index (χ2v) is 2.12. The Morgan fingerprint density at radius 1 is 1.00 bits per heavy atom. The van der Waals surface area contributed by atoms with E-state index in [2.05, 4.69) is 20.5 Å². The van der Waals surface area contributed by atoms with Crippen LogP contribution in [0, 0.1) is 0 Å². The summed E-state index contributed by atoms with van der Waals surface area (Å²) in [5, 5.41) is 0. The van der Waals surface area contributed by atoms with E-state index in [9.17, 15) is 0 Å². The monoisotopic (exact) mass is 80.1 g/mol. The third kappa shape index (κ3) is 42.0. The summed E-state index contributed by atoms with van der Waals surface area (Å²) in [5.74, 6) is 0. The van der Waals surface area contributed by atoms with Crippen molar-refractivity contribution in [1.29, 1.82) is 0 Å². The van der Waals surface area contributed by atoms with Gasteiger partial charge < -0.3 is 0 Å². The molecule has 0 atom stereocenters. The quantitative estimate of drug-likeness (QED) is 0.298. The molecule has 0 heterocycles. The van der Waals surface area contributed by atoms with Gasteiger partial charge in [-0.25, -0.2) is 0 Å². The van der Waals surface area contributed by atoms with Gasteiger partial charge in [0.2, 0.25) is 0 Å². The molecule has 0 bridgehead atoms. The Morgan fingerprint density at radius 3 is 1.00 bits per heavy atom. The average molecular weight is 79.9 g/mol. The van der Waals surface area contributed by atoms with Gasteiger partial charge in [0.05, 0.1) is 0 Å². The molecule has 0 aromatic rings. The van der Waals surface area contributed by atoms with E-state index >= 15 is 0 Å². The predicted octanol–water partition coefficient (Wildman–Crippen LogP) is -1.89. The molecule has 0 unspecified atom stereocenters. The van der Waals surface area contributed by atoms with Crippen LogP contribution in [-0.2, 0) is 0 Å². The number of hydrogen-bond donors (Lipinski definition) is 0. The van der Waals surface area contributed by atoms with Gasteiger partial charge in [-0.1, -0.05) is 0 Å². The summed E-state index contributed by atoms with van der Waals surface area (Å²) in [5.41, 5.74) is 0. The Kier molecular flexibility index (Phi) is 9.54. The van der Waals surface area contributed by atoms with Crippen LogP contribution in [-0.4, -0.2) is 6.71 Å². The molecule has 0 aliphatic heterocycles. The van der Waals surface area contributed by atoms with E-state index < -0.39 is 0 Å². The first-order valence-corrected chi connectivity index (χ1v) is 2.12. The number of hydrogen-bond acceptors (Lipinski definition) is 0. The molecule has 0 rings (SSSR count). The van der Waals surface area contributed by atoms with E-state index in [4.69, 9.17) is 0 Å². The minimum absolute atomic E-state index is 0. The third-order valence-corrected chi connectivity index (χ3v) is 0. The van der Waals surface area contributed by atoms with Crippen LogP contribution in [0.2, 0.25) is 20.5 Å². The maximum atomic E-state index is 2.25. The molecule has 0 N–H and O–H groups in total. The van der Waals surface area contributed by atoms with E-state index in [-0.39, 0.29) is 36.3 Å². The molecule has 0 saturated carbocycles. The molecule has 0 aromatic carbocycles. The van der Waals surface area contributed by atoms with E-state index in [0.717, 1.165) is 0 Å². The Morgan fingerprint density at radius 2 is 1.00 bits per heavy atom. The molecular formula is C3H10BNa. The fourth-order valence-corrected chi connectivity index (χ4v) is 0. The molecular weight excluding hydrogens is 69.8 g/mol. The van der Waals surface area contributed by atoms with Crippen LogP contribution in [0.4, 0.5) is 0 Å². The normalized spacial score (nSPS) is 7.20. The fourth-order valence-electron chi connectivity index (χ4n) is 0. The topological polar surface area (TPSA) is 0 Å². The molecule has 0 radical (unpaired) electrons. The molecule has 0 aliphatic carbocycles. The summed E-state index contributed by atoms with van der Waals surface area (Å²) in [4.78, 5) is 0. The largest absolute Gasteiger partial charge is 1.00 e. The van der Waals surface area contributed by atoms with Gasteiger partial charge in [0.15, 0.2) is 0 Å². The van der Waals surface area contributed by atoms with Gasteiger partial charge in [-0.2, -0.15) is 20.5 Å². The van der Waals surface area contributed by atoms with Crippen molar-refractivity contribution < 1.29 is 29.6 Å². The second kappa shape index (κ2) is 5.06. The standard InChI is InChI=1S/C3H10B.Na/c1-4(2)3;/h4H,1-3H3;/q-1;+1. The molecule has 0 spiro atoms. The first-order valence-electron chi connectivity index (χ1n) is 2.12. The van der Waals surface area contributed by atoms with Gasteiger partial charge in [-0.3, -0.25) is 0 Å². The summed E-state index contributed by atoms with van der Waals surface area (Å²) in [6, 6.07) is 0. The summed E-state index contributed by atoms with van der Waals surface area (Å²) in [6.45, 7) is 7.00. The molecule has 5 heavy (non-hydrogen) atoms. The van der Waals surface area contributed by atoms with Gasteiger partial charge in [-0.15, -0.1) is 0 Å². The second-order valence-electron chi connectivity index (χ2n) is 2.12. The Hall–Kier alpha value is 1.06. The molecule has 0 nitrogen and oxygen atoms in total. The molecule has 0 fully saturated rings. The summed E-state index contributed by atoms with van der Waals surface area (Å²) >= 11 is 0. The average Bonchev–Trinajstić information content (AvgIpc) is 0.811. The van der Waals surface area contributed by atoms with Crippen molar-refractivity contribution in [2.75, 3.05) is 0 Å². The van der Waals surface area contributed by atoms with Gasteiger partial charge >= 0.3 is 29.6 Å². The smallest absolute Gasteiger partial charge is 0.193 e.